The molecule has 1 fully saturated rings. The number of urea groups is 1. The summed E-state index contributed by atoms with van der Waals surface area (Å²) in [5.41, 5.74) is 2.43. The molecule has 2 aromatic rings. The Hall–Kier alpha value is -2.83. The third-order valence-corrected chi connectivity index (χ3v) is 4.14. The van der Waals surface area contributed by atoms with Gasteiger partial charge in [0.05, 0.1) is 18.8 Å². The second kappa shape index (κ2) is 8.51. The number of anilines is 2. The average molecular weight is 355 g/mol. The lowest BCUT2D eigenvalue weighted by atomic mass is 10.3. The minimum absolute atomic E-state index is 0.270. The molecule has 0 radical (unpaired) electrons. The average Bonchev–Trinajstić information content (AvgIpc) is 3.16. The van der Waals surface area contributed by atoms with E-state index in [1.54, 1.807) is 0 Å². The first-order valence-electron chi connectivity index (χ1n) is 9.01. The summed E-state index contributed by atoms with van der Waals surface area (Å²) in [6.45, 7) is 6.84. The molecular weight excluding hydrogens is 330 g/mol. The highest BCUT2D eigenvalue weighted by Gasteiger charge is 2.16. The summed E-state index contributed by atoms with van der Waals surface area (Å²) in [6, 6.07) is 8.91. The van der Waals surface area contributed by atoms with Crippen molar-refractivity contribution in [2.24, 2.45) is 0 Å². The molecular formula is C19H25N5O2. The number of rotatable bonds is 6. The predicted octanol–water partition coefficient (Wildman–Crippen LogP) is 3.11. The van der Waals surface area contributed by atoms with Crippen molar-refractivity contribution in [3.8, 4) is 5.75 Å². The van der Waals surface area contributed by atoms with Gasteiger partial charge in [0.1, 0.15) is 5.75 Å². The maximum Gasteiger partial charge on any atom is 0.319 e. The van der Waals surface area contributed by atoms with E-state index in [-0.39, 0.29) is 6.03 Å². The van der Waals surface area contributed by atoms with Crippen LogP contribution in [0.1, 0.15) is 31.2 Å². The Labute approximate surface area is 153 Å². The van der Waals surface area contributed by atoms with E-state index in [9.17, 15) is 4.79 Å². The second-order valence-electron chi connectivity index (χ2n) is 6.26. The van der Waals surface area contributed by atoms with Crippen molar-refractivity contribution >= 4 is 17.7 Å². The van der Waals surface area contributed by atoms with E-state index in [2.05, 4.69) is 25.5 Å². The fraction of sp³-hybridized carbons (Fsp3) is 0.421. The van der Waals surface area contributed by atoms with E-state index in [1.807, 2.05) is 44.2 Å². The Kier molecular flexibility index (Phi) is 5.88. The van der Waals surface area contributed by atoms with E-state index in [0.717, 1.165) is 36.2 Å². The normalized spacial score (nSPS) is 13.5. The summed E-state index contributed by atoms with van der Waals surface area (Å²) in [6.07, 6.45) is 2.35. The Morgan fingerprint density at radius 3 is 2.62 bits per heavy atom. The fourth-order valence-electron chi connectivity index (χ4n) is 2.91. The lowest BCUT2D eigenvalue weighted by Crippen LogP contribution is -2.29. The SMILES string of the molecule is CCOc1ccc(NC(=O)NCc2cc(C)nc(N3CCCC3)n2)cc1. The van der Waals surface area contributed by atoms with Gasteiger partial charge in [-0.3, -0.25) is 0 Å². The zero-order valence-electron chi connectivity index (χ0n) is 15.3. The molecule has 0 unspecified atom stereocenters. The molecule has 7 nitrogen and oxygen atoms in total. The summed E-state index contributed by atoms with van der Waals surface area (Å²) >= 11 is 0. The quantitative estimate of drug-likeness (QED) is 0.832. The highest BCUT2D eigenvalue weighted by molar-refractivity contribution is 5.89. The van der Waals surface area contributed by atoms with Crippen LogP contribution >= 0.6 is 0 Å². The monoisotopic (exact) mass is 355 g/mol. The van der Waals surface area contributed by atoms with Crippen LogP contribution in [0.25, 0.3) is 0 Å². The van der Waals surface area contributed by atoms with Crippen molar-refractivity contribution in [1.82, 2.24) is 15.3 Å². The molecule has 26 heavy (non-hydrogen) atoms. The lowest BCUT2D eigenvalue weighted by molar-refractivity contribution is 0.251. The van der Waals surface area contributed by atoms with Crippen molar-refractivity contribution < 1.29 is 9.53 Å². The largest absolute Gasteiger partial charge is 0.494 e. The number of carbonyl (C=O) groups excluding carboxylic acids is 1. The van der Waals surface area contributed by atoms with Crippen LogP contribution in [0.5, 0.6) is 5.75 Å². The Balaban J connectivity index is 1.55. The molecule has 1 aliphatic rings. The van der Waals surface area contributed by atoms with Crippen LogP contribution in [0.2, 0.25) is 0 Å². The highest BCUT2D eigenvalue weighted by atomic mass is 16.5. The topological polar surface area (TPSA) is 79.4 Å². The highest BCUT2D eigenvalue weighted by Crippen LogP contribution is 2.17. The smallest absolute Gasteiger partial charge is 0.319 e. The van der Waals surface area contributed by atoms with Gasteiger partial charge in [0.15, 0.2) is 0 Å². The molecule has 2 heterocycles. The van der Waals surface area contributed by atoms with Crippen LogP contribution in [-0.2, 0) is 6.54 Å². The molecule has 7 heteroatoms. The van der Waals surface area contributed by atoms with Gasteiger partial charge in [0.25, 0.3) is 0 Å². The van der Waals surface area contributed by atoms with Crippen LogP contribution in [0.15, 0.2) is 30.3 Å². The second-order valence-corrected chi connectivity index (χ2v) is 6.26. The number of nitrogens with zero attached hydrogens (tertiary/aromatic N) is 3. The molecule has 2 amide bonds. The molecule has 2 N–H and O–H groups in total. The van der Waals surface area contributed by atoms with Crippen molar-refractivity contribution in [2.45, 2.75) is 33.2 Å². The first kappa shape index (κ1) is 18.0. The molecule has 3 rings (SSSR count). The summed E-state index contributed by atoms with van der Waals surface area (Å²) in [5, 5.41) is 5.65. The van der Waals surface area contributed by atoms with Gasteiger partial charge in [-0.25, -0.2) is 14.8 Å². The summed E-state index contributed by atoms with van der Waals surface area (Å²) in [7, 11) is 0. The number of carbonyl (C=O) groups is 1. The van der Waals surface area contributed by atoms with Gasteiger partial charge < -0.3 is 20.3 Å². The molecule has 0 bridgehead atoms. The number of benzene rings is 1. The molecule has 138 valence electrons. The zero-order valence-corrected chi connectivity index (χ0v) is 15.3. The van der Waals surface area contributed by atoms with Crippen LogP contribution in [0, 0.1) is 6.92 Å². The van der Waals surface area contributed by atoms with Crippen molar-refractivity contribution in [3.05, 3.63) is 41.7 Å². The number of aryl methyl sites for hydroxylation is 1. The minimum Gasteiger partial charge on any atom is -0.494 e. The van der Waals surface area contributed by atoms with E-state index >= 15 is 0 Å². The number of hydrogen-bond acceptors (Lipinski definition) is 5. The van der Waals surface area contributed by atoms with Crippen molar-refractivity contribution in [2.75, 3.05) is 29.9 Å². The number of hydrogen-bond donors (Lipinski definition) is 2. The number of nitrogens with one attached hydrogen (secondary N) is 2. The molecule has 0 saturated carbocycles. The summed E-state index contributed by atoms with van der Waals surface area (Å²) in [5.74, 6) is 1.54. The van der Waals surface area contributed by atoms with Crippen LogP contribution < -0.4 is 20.3 Å². The van der Waals surface area contributed by atoms with Gasteiger partial charge in [-0.15, -0.1) is 0 Å². The first-order chi connectivity index (χ1) is 12.6. The third-order valence-electron chi connectivity index (χ3n) is 4.14. The number of amides is 2. The zero-order chi connectivity index (χ0) is 18.4. The molecule has 0 spiro atoms. The molecule has 0 aliphatic carbocycles. The van der Waals surface area contributed by atoms with Crippen molar-refractivity contribution in [1.29, 1.82) is 0 Å². The van der Waals surface area contributed by atoms with Gasteiger partial charge in [-0.2, -0.15) is 0 Å². The number of ether oxygens (including phenoxy) is 1. The van der Waals surface area contributed by atoms with Gasteiger partial charge >= 0.3 is 6.03 Å². The standard InChI is InChI=1S/C19H25N5O2/c1-3-26-17-8-6-15(7-9-17)23-19(25)20-13-16-12-14(2)21-18(22-16)24-10-4-5-11-24/h6-9,12H,3-5,10-11,13H2,1-2H3,(H2,20,23,25). The van der Waals surface area contributed by atoms with Crippen LogP contribution in [0.4, 0.5) is 16.4 Å². The van der Waals surface area contributed by atoms with Crippen molar-refractivity contribution in [3.63, 3.8) is 0 Å². The fourth-order valence-corrected chi connectivity index (χ4v) is 2.91. The molecule has 1 aromatic carbocycles. The van der Waals surface area contributed by atoms with Gasteiger partial charge in [-0.1, -0.05) is 0 Å². The third kappa shape index (κ3) is 4.84. The van der Waals surface area contributed by atoms with E-state index in [1.165, 1.54) is 12.8 Å². The predicted molar refractivity (Wildman–Crippen MR) is 102 cm³/mol. The van der Waals surface area contributed by atoms with E-state index < -0.39 is 0 Å². The van der Waals surface area contributed by atoms with E-state index in [4.69, 9.17) is 4.74 Å². The number of aromatic nitrogens is 2. The maximum absolute atomic E-state index is 12.1. The van der Waals surface area contributed by atoms with Crippen LogP contribution in [0.3, 0.4) is 0 Å². The van der Waals surface area contributed by atoms with Gasteiger partial charge in [-0.05, 0) is 57.0 Å². The van der Waals surface area contributed by atoms with Gasteiger partial charge in [0, 0.05) is 24.5 Å². The maximum atomic E-state index is 12.1. The lowest BCUT2D eigenvalue weighted by Gasteiger charge is -2.16. The summed E-state index contributed by atoms with van der Waals surface area (Å²) < 4.78 is 5.39. The Morgan fingerprint density at radius 2 is 1.92 bits per heavy atom. The Bertz CT molecular complexity index is 742. The minimum atomic E-state index is -0.270. The van der Waals surface area contributed by atoms with E-state index in [0.29, 0.717) is 18.8 Å². The first-order valence-corrected chi connectivity index (χ1v) is 9.01. The molecule has 1 saturated heterocycles. The van der Waals surface area contributed by atoms with Crippen LogP contribution in [-0.4, -0.2) is 35.7 Å². The summed E-state index contributed by atoms with van der Waals surface area (Å²) in [4.78, 5) is 23.4. The Morgan fingerprint density at radius 1 is 1.19 bits per heavy atom. The van der Waals surface area contributed by atoms with Gasteiger partial charge in [0.2, 0.25) is 5.95 Å². The molecule has 0 atom stereocenters. The molecule has 1 aliphatic heterocycles. The molecule has 1 aromatic heterocycles.